The Labute approximate surface area is 59.8 Å². The Morgan fingerprint density at radius 3 is 0.833 bits per heavy atom. The average Bonchev–Trinajstić information content (AvgIpc) is 1.00. The fraction of sp³-hybridized carbons (Fsp3) is 1.00. The fourth-order valence-electron chi connectivity index (χ4n) is 0. The summed E-state index contributed by atoms with van der Waals surface area (Å²) in [5.41, 5.74) is 0. The van der Waals surface area contributed by atoms with Crippen LogP contribution in [0, 0.1) is 0 Å². The highest BCUT2D eigenvalue weighted by atomic mass is 35.5. The Bertz CT molecular complexity index is 11.5. The van der Waals surface area contributed by atoms with E-state index >= 15 is 0 Å². The van der Waals surface area contributed by atoms with Crippen molar-refractivity contribution in [2.24, 2.45) is 0 Å². The zero-order valence-corrected chi connectivity index (χ0v) is 5.17. The van der Waals surface area contributed by atoms with E-state index in [0.717, 1.165) is 0 Å². The van der Waals surface area contributed by atoms with Crippen molar-refractivity contribution in [3.63, 3.8) is 0 Å². The van der Waals surface area contributed by atoms with Crippen molar-refractivity contribution < 1.29 is 0 Å². The fourth-order valence-corrected chi connectivity index (χ4v) is 0. The molecule has 0 spiro atoms. The van der Waals surface area contributed by atoms with Crippen LogP contribution in [-0.4, -0.2) is 0 Å². The van der Waals surface area contributed by atoms with Crippen molar-refractivity contribution in [3.8, 4) is 0 Å². The molecule has 0 aromatic rings. The van der Waals surface area contributed by atoms with Gasteiger partial charge in [0.05, 0.1) is 0 Å². The van der Waals surface area contributed by atoms with Gasteiger partial charge in [0.1, 0.15) is 0 Å². The lowest BCUT2D eigenvalue weighted by atomic mass is 12.0. The smallest absolute Gasteiger partial charge is 0.0437 e. The predicted molar refractivity (Wildman–Crippen MR) is 43.6 cm³/mol. The maximum atomic E-state index is 3.89. The third-order valence-electron chi connectivity index (χ3n) is 0. The van der Waals surface area contributed by atoms with Crippen LogP contribution >= 0.6 is 32.8 Å². The summed E-state index contributed by atoms with van der Waals surface area (Å²) in [6.45, 7) is 0. The minimum Gasteiger partial charge on any atom is -0.147 e. The molecule has 0 aromatic carbocycles. The number of hydrogen-bond donors (Lipinski definition) is 0. The molecule has 0 rings (SSSR count). The Morgan fingerprint density at radius 2 is 0.833 bits per heavy atom. The van der Waals surface area contributed by atoms with Crippen molar-refractivity contribution in [2.75, 3.05) is 0 Å². The molecule has 0 aliphatic heterocycles. The van der Waals surface area contributed by atoms with Gasteiger partial charge in [0.2, 0.25) is 0 Å². The van der Waals surface area contributed by atoms with Crippen LogP contribution in [-0.2, 0) is 11.8 Å². The van der Waals surface area contributed by atoms with Crippen LogP contribution in [0.15, 0.2) is 0 Å². The maximum Gasteiger partial charge on any atom is -0.0437 e. The van der Waals surface area contributed by atoms with Crippen LogP contribution in [0.5, 0.6) is 0 Å². The summed E-state index contributed by atoms with van der Waals surface area (Å²) in [5, 5.41) is 0. The highest BCUT2D eigenvalue weighted by Gasteiger charge is 0.655. The molecule has 0 saturated heterocycles. The summed E-state index contributed by atoms with van der Waals surface area (Å²) in [6, 6.07) is 0. The first kappa shape index (κ1) is 59.9. The van der Waals surface area contributed by atoms with Gasteiger partial charge in [-0.15, -0.1) is 24.8 Å². The quantitative estimate of drug-likeness (QED) is 0.502. The van der Waals surface area contributed by atoms with Gasteiger partial charge in [-0.05, 0) is 8.02 Å². The zero-order chi connectivity index (χ0) is 2.00. The van der Waals surface area contributed by atoms with Gasteiger partial charge in [0, 0.05) is 0 Å². The molecular formula is C2H11Cl2PS. The van der Waals surface area contributed by atoms with Gasteiger partial charge in [-0.2, -0.15) is 0 Å². The standard InChI is InChI=1S/2CH4.2ClH.HPS/c;;;;1-2/h2*1H4;2*1H;1H. The molecule has 6 heavy (non-hydrogen) atoms. The lowest BCUT2D eigenvalue weighted by Crippen LogP contribution is -0.399. The number of rotatable bonds is 0. The molecule has 0 aliphatic carbocycles. The minimum atomic E-state index is 0. The number of halogens is 2. The molecule has 4 heteroatoms. The molecule has 0 aromatic heterocycles. The van der Waals surface area contributed by atoms with Gasteiger partial charge in [0.15, 0.2) is 0 Å². The first-order valence-electron chi connectivity index (χ1n) is 0.204. The Kier molecular flexibility index (Phi) is 1310. The van der Waals surface area contributed by atoms with Gasteiger partial charge >= 0.3 is 0 Å². The highest BCUT2D eigenvalue weighted by molar-refractivity contribution is 7.88. The molecule has 0 unspecified atom stereocenters. The molecular weight excluding hydrogens is 158 g/mol. The van der Waals surface area contributed by atoms with Crippen molar-refractivity contribution in [2.45, 2.75) is 14.9 Å². The zero-order valence-electron chi connectivity index (χ0n) is 1.72. The summed E-state index contributed by atoms with van der Waals surface area (Å²) in [5.74, 6) is 0. The van der Waals surface area contributed by atoms with Gasteiger partial charge in [-0.3, -0.25) is 0 Å². The molecule has 0 aliphatic rings. The SMILES string of the molecule is C.C.Cl.Cl.P=S. The summed E-state index contributed by atoms with van der Waals surface area (Å²) in [7, 11) is 2.56. The third-order valence-corrected chi connectivity index (χ3v) is 0. The summed E-state index contributed by atoms with van der Waals surface area (Å²) in [6.07, 6.45) is 0. The molecule has 0 fully saturated rings. The van der Waals surface area contributed by atoms with Gasteiger partial charge in [-0.25, -0.2) is 0 Å². The van der Waals surface area contributed by atoms with E-state index in [0.29, 0.717) is 0 Å². The van der Waals surface area contributed by atoms with Gasteiger partial charge in [0.25, 0.3) is 0 Å². The molecule has 0 radical (unpaired) electrons. The summed E-state index contributed by atoms with van der Waals surface area (Å²) in [4.78, 5) is 0. The van der Waals surface area contributed by atoms with E-state index in [-0.39, 0.29) is 39.7 Å². The summed E-state index contributed by atoms with van der Waals surface area (Å²) < 4.78 is 0. The normalized spacial score (nSPS) is 0.667. The molecule has 0 heterocycles. The molecule has 0 N–H and O–H groups in total. The van der Waals surface area contributed by atoms with Crippen molar-refractivity contribution >= 4 is 44.6 Å². The van der Waals surface area contributed by atoms with E-state index in [2.05, 4.69) is 19.8 Å². The van der Waals surface area contributed by atoms with Crippen LogP contribution in [0.1, 0.15) is 14.9 Å². The van der Waals surface area contributed by atoms with Crippen molar-refractivity contribution in [1.82, 2.24) is 0 Å². The largest absolute Gasteiger partial charge is 0.147 e. The van der Waals surface area contributed by atoms with E-state index in [9.17, 15) is 0 Å². The van der Waals surface area contributed by atoms with Gasteiger partial charge in [-0.1, -0.05) is 26.7 Å². The molecule has 0 bridgehead atoms. The Morgan fingerprint density at radius 1 is 0.833 bits per heavy atom. The lowest BCUT2D eigenvalue weighted by molar-refractivity contribution is 2.50. The van der Waals surface area contributed by atoms with E-state index in [4.69, 9.17) is 0 Å². The van der Waals surface area contributed by atoms with E-state index < -0.39 is 0 Å². The highest BCUT2D eigenvalue weighted by Crippen LogP contribution is 1.26. The average molecular weight is 169 g/mol. The second kappa shape index (κ2) is 131. The second-order valence-electron chi connectivity index (χ2n) is 0. The molecule has 44 valence electrons. The van der Waals surface area contributed by atoms with Crippen LogP contribution in [0.25, 0.3) is 0 Å². The van der Waals surface area contributed by atoms with Gasteiger partial charge < -0.3 is 0 Å². The first-order chi connectivity index (χ1) is 1.00. The molecule has 0 saturated carbocycles. The van der Waals surface area contributed by atoms with Crippen LogP contribution < -0.4 is 0 Å². The van der Waals surface area contributed by atoms with Crippen LogP contribution in [0.2, 0.25) is 0 Å². The topological polar surface area (TPSA) is 0 Å². The maximum absolute atomic E-state index is 3.89. The van der Waals surface area contributed by atoms with Crippen molar-refractivity contribution in [3.05, 3.63) is 0 Å². The lowest BCUT2D eigenvalue weighted by Gasteiger charge is -0.760. The minimum absolute atomic E-state index is 0. The Balaban J connectivity index is -0.000000000833. The second-order valence-corrected chi connectivity index (χ2v) is 0. The number of hydrogen-bond acceptors (Lipinski definition) is 1. The van der Waals surface area contributed by atoms with Crippen molar-refractivity contribution in [1.29, 1.82) is 0 Å². The van der Waals surface area contributed by atoms with E-state index in [1.165, 1.54) is 0 Å². The van der Waals surface area contributed by atoms with E-state index in [1.54, 1.807) is 0 Å². The van der Waals surface area contributed by atoms with Crippen LogP contribution in [0.3, 0.4) is 0 Å². The third kappa shape index (κ3) is 70.9. The monoisotopic (exact) mass is 168 g/mol. The first-order valence-corrected chi connectivity index (χ1v) is 1.84. The molecule has 0 amide bonds. The molecule has 0 nitrogen and oxygen atoms in total. The summed E-state index contributed by atoms with van der Waals surface area (Å²) >= 11 is 3.89. The predicted octanol–water partition coefficient (Wildman–Crippen LogP) is 2.71. The van der Waals surface area contributed by atoms with E-state index in [1.807, 2.05) is 0 Å². The Hall–Kier alpha value is 1.10. The van der Waals surface area contributed by atoms with Crippen LogP contribution in [0.4, 0.5) is 0 Å². The molecule has 0 atom stereocenters.